The van der Waals surface area contributed by atoms with Gasteiger partial charge in [0.1, 0.15) is 0 Å². The highest BCUT2D eigenvalue weighted by atomic mass is 35.5. The summed E-state index contributed by atoms with van der Waals surface area (Å²) in [7, 11) is -3.99. The Labute approximate surface area is 153 Å². The van der Waals surface area contributed by atoms with E-state index in [1.54, 1.807) is 0 Å². The fraction of sp³-hybridized carbons (Fsp3) is 0.188. The van der Waals surface area contributed by atoms with Gasteiger partial charge in [0.2, 0.25) is 15.9 Å². The van der Waals surface area contributed by atoms with Gasteiger partial charge in [-0.3, -0.25) is 4.79 Å². The zero-order valence-electron chi connectivity index (χ0n) is 13.3. The lowest BCUT2D eigenvalue weighted by Crippen LogP contribution is -2.41. The highest BCUT2D eigenvalue weighted by Gasteiger charge is 2.30. The summed E-state index contributed by atoms with van der Waals surface area (Å²) in [6.07, 6.45) is -4.55. The number of anilines is 1. The quantitative estimate of drug-likeness (QED) is 0.795. The Hall–Kier alpha value is -2.10. The molecule has 0 saturated carbocycles. The van der Waals surface area contributed by atoms with Gasteiger partial charge >= 0.3 is 6.18 Å². The van der Waals surface area contributed by atoms with E-state index < -0.39 is 33.7 Å². The van der Waals surface area contributed by atoms with Crippen molar-refractivity contribution in [3.63, 3.8) is 0 Å². The van der Waals surface area contributed by atoms with Crippen LogP contribution in [0.2, 0.25) is 5.02 Å². The van der Waals surface area contributed by atoms with Gasteiger partial charge in [-0.15, -0.1) is 0 Å². The van der Waals surface area contributed by atoms with Gasteiger partial charge in [0.05, 0.1) is 16.5 Å². The fourth-order valence-corrected chi connectivity index (χ4v) is 3.32. The predicted octanol–water partition coefficient (Wildman–Crippen LogP) is 3.66. The van der Waals surface area contributed by atoms with Crippen molar-refractivity contribution in [1.82, 2.24) is 4.72 Å². The van der Waals surface area contributed by atoms with Crippen LogP contribution in [0.4, 0.5) is 18.9 Å². The first-order chi connectivity index (χ1) is 12.0. The summed E-state index contributed by atoms with van der Waals surface area (Å²) in [6.45, 7) is 1.27. The van der Waals surface area contributed by atoms with Gasteiger partial charge in [-0.05, 0) is 49.4 Å². The second kappa shape index (κ2) is 7.65. The molecule has 0 aliphatic heterocycles. The molecule has 2 N–H and O–H groups in total. The van der Waals surface area contributed by atoms with Crippen molar-refractivity contribution in [1.29, 1.82) is 0 Å². The van der Waals surface area contributed by atoms with Crippen LogP contribution in [0.15, 0.2) is 53.4 Å². The Morgan fingerprint density at radius 1 is 1.12 bits per heavy atom. The smallest absolute Gasteiger partial charge is 0.325 e. The van der Waals surface area contributed by atoms with Gasteiger partial charge in [-0.2, -0.15) is 17.9 Å². The number of alkyl halides is 3. The Morgan fingerprint density at radius 2 is 1.73 bits per heavy atom. The molecule has 0 fully saturated rings. The minimum absolute atomic E-state index is 0.0950. The van der Waals surface area contributed by atoms with Crippen molar-refractivity contribution in [3.05, 3.63) is 59.1 Å². The second-order valence-corrected chi connectivity index (χ2v) is 7.52. The summed E-state index contributed by atoms with van der Waals surface area (Å²) in [4.78, 5) is 12.0. The third-order valence-electron chi connectivity index (χ3n) is 3.31. The standard InChI is InChI=1S/C16H14ClF3N2O3S/c1-10(22-26(24,25)14-7-5-12(17)6-8-14)15(23)21-13-4-2-3-11(9-13)16(18,19)20/h2-10,22H,1H3,(H,21,23). The number of rotatable bonds is 5. The number of amides is 1. The molecule has 2 rings (SSSR count). The molecule has 1 unspecified atom stereocenters. The highest BCUT2D eigenvalue weighted by Crippen LogP contribution is 2.30. The van der Waals surface area contributed by atoms with Gasteiger partial charge in [-0.1, -0.05) is 17.7 Å². The molecular weight excluding hydrogens is 393 g/mol. The van der Waals surface area contributed by atoms with Crippen molar-refractivity contribution < 1.29 is 26.4 Å². The van der Waals surface area contributed by atoms with E-state index in [4.69, 9.17) is 11.6 Å². The maximum atomic E-state index is 12.7. The van der Waals surface area contributed by atoms with Crippen molar-refractivity contribution in [2.45, 2.75) is 24.0 Å². The summed E-state index contributed by atoms with van der Waals surface area (Å²) >= 11 is 5.69. The van der Waals surface area contributed by atoms with E-state index in [2.05, 4.69) is 10.0 Å². The number of carbonyl (C=O) groups excluding carboxylic acids is 1. The van der Waals surface area contributed by atoms with Gasteiger partial charge < -0.3 is 5.32 Å². The summed E-state index contributed by atoms with van der Waals surface area (Å²) in [5, 5.41) is 2.60. The lowest BCUT2D eigenvalue weighted by Gasteiger charge is -2.15. The summed E-state index contributed by atoms with van der Waals surface area (Å²) in [5.41, 5.74) is -1.02. The number of benzene rings is 2. The Morgan fingerprint density at radius 3 is 2.31 bits per heavy atom. The molecule has 26 heavy (non-hydrogen) atoms. The normalized spacial score (nSPS) is 13.3. The van der Waals surface area contributed by atoms with Crippen LogP contribution >= 0.6 is 11.6 Å². The average Bonchev–Trinajstić information content (AvgIpc) is 2.54. The monoisotopic (exact) mass is 406 g/mol. The summed E-state index contributed by atoms with van der Waals surface area (Å²) < 4.78 is 64.6. The lowest BCUT2D eigenvalue weighted by atomic mass is 10.2. The van der Waals surface area contributed by atoms with E-state index in [-0.39, 0.29) is 10.6 Å². The SMILES string of the molecule is CC(NS(=O)(=O)c1ccc(Cl)cc1)C(=O)Nc1cccc(C(F)(F)F)c1. The summed E-state index contributed by atoms with van der Waals surface area (Å²) in [6, 6.07) is 8.11. The number of hydrogen-bond acceptors (Lipinski definition) is 3. The number of hydrogen-bond donors (Lipinski definition) is 2. The maximum absolute atomic E-state index is 12.7. The molecule has 2 aromatic rings. The van der Waals surface area contributed by atoms with E-state index in [1.807, 2.05) is 0 Å². The Kier molecular flexibility index (Phi) is 5.94. The number of sulfonamides is 1. The van der Waals surface area contributed by atoms with Gasteiger partial charge in [0, 0.05) is 10.7 Å². The Balaban J connectivity index is 2.09. The maximum Gasteiger partial charge on any atom is 0.416 e. The second-order valence-electron chi connectivity index (χ2n) is 5.36. The fourth-order valence-electron chi connectivity index (χ4n) is 1.99. The largest absolute Gasteiger partial charge is 0.416 e. The zero-order valence-corrected chi connectivity index (χ0v) is 14.9. The van der Waals surface area contributed by atoms with Gasteiger partial charge in [0.15, 0.2) is 0 Å². The first-order valence-corrected chi connectivity index (χ1v) is 9.11. The molecule has 5 nitrogen and oxygen atoms in total. The molecule has 0 aliphatic rings. The van der Waals surface area contributed by atoms with Crippen LogP contribution in [0.3, 0.4) is 0 Å². The van der Waals surface area contributed by atoms with Crippen molar-refractivity contribution in [3.8, 4) is 0 Å². The van der Waals surface area contributed by atoms with Crippen molar-refractivity contribution >= 4 is 33.2 Å². The molecular formula is C16H14ClF3N2O3S. The van der Waals surface area contributed by atoms with E-state index in [1.165, 1.54) is 37.3 Å². The third kappa shape index (κ3) is 5.20. The highest BCUT2D eigenvalue weighted by molar-refractivity contribution is 7.89. The first kappa shape index (κ1) is 20.2. The number of halogens is 4. The van der Waals surface area contributed by atoms with Crippen molar-refractivity contribution in [2.75, 3.05) is 5.32 Å². The van der Waals surface area contributed by atoms with E-state index in [0.29, 0.717) is 5.02 Å². The minimum Gasteiger partial charge on any atom is -0.325 e. The van der Waals surface area contributed by atoms with Crippen LogP contribution in [0.1, 0.15) is 12.5 Å². The van der Waals surface area contributed by atoms with Gasteiger partial charge in [-0.25, -0.2) is 8.42 Å². The molecule has 0 radical (unpaired) electrons. The third-order valence-corrected chi connectivity index (χ3v) is 5.12. The molecule has 0 spiro atoms. The minimum atomic E-state index is -4.55. The van der Waals surface area contributed by atoms with E-state index in [9.17, 15) is 26.4 Å². The molecule has 0 saturated heterocycles. The zero-order chi connectivity index (χ0) is 19.5. The van der Waals surface area contributed by atoms with Crippen LogP contribution in [0, 0.1) is 0 Å². The molecule has 140 valence electrons. The van der Waals surface area contributed by atoms with Crippen LogP contribution in [-0.4, -0.2) is 20.4 Å². The first-order valence-electron chi connectivity index (χ1n) is 7.25. The molecule has 2 aromatic carbocycles. The molecule has 0 aliphatic carbocycles. The lowest BCUT2D eigenvalue weighted by molar-refractivity contribution is -0.137. The van der Waals surface area contributed by atoms with Gasteiger partial charge in [0.25, 0.3) is 0 Å². The molecule has 0 heterocycles. The summed E-state index contributed by atoms with van der Waals surface area (Å²) in [5.74, 6) is -0.804. The average molecular weight is 407 g/mol. The molecule has 1 atom stereocenters. The Bertz CT molecular complexity index is 900. The van der Waals surface area contributed by atoms with Crippen LogP contribution in [0.5, 0.6) is 0 Å². The predicted molar refractivity (Wildman–Crippen MR) is 91.3 cm³/mol. The molecule has 0 bridgehead atoms. The van der Waals surface area contributed by atoms with Crippen LogP contribution in [-0.2, 0) is 21.0 Å². The topological polar surface area (TPSA) is 75.3 Å². The molecule has 0 aromatic heterocycles. The van der Waals surface area contributed by atoms with E-state index >= 15 is 0 Å². The van der Waals surface area contributed by atoms with E-state index in [0.717, 1.165) is 18.2 Å². The molecule has 1 amide bonds. The van der Waals surface area contributed by atoms with Crippen molar-refractivity contribution in [2.24, 2.45) is 0 Å². The van der Waals surface area contributed by atoms with Crippen LogP contribution in [0.25, 0.3) is 0 Å². The number of nitrogens with one attached hydrogen (secondary N) is 2. The molecule has 10 heteroatoms. The number of carbonyl (C=O) groups is 1. The van der Waals surface area contributed by atoms with Crippen LogP contribution < -0.4 is 10.0 Å².